The first-order valence-electron chi connectivity index (χ1n) is 10.2. The molecular formula is C25H20N5O+. The van der Waals surface area contributed by atoms with Gasteiger partial charge in [0.05, 0.1) is 6.20 Å². The van der Waals surface area contributed by atoms with E-state index in [1.54, 1.807) is 12.4 Å². The van der Waals surface area contributed by atoms with Gasteiger partial charge in [0, 0.05) is 35.7 Å². The smallest absolute Gasteiger partial charge is 0.327 e. The summed E-state index contributed by atoms with van der Waals surface area (Å²) in [6, 6.07) is 16.4. The van der Waals surface area contributed by atoms with E-state index in [9.17, 15) is 0 Å². The largest absolute Gasteiger partial charge is 0.452 e. The molecule has 2 aromatic carbocycles. The number of hydrogen-bond acceptors (Lipinski definition) is 4. The molecule has 0 atom stereocenters. The van der Waals surface area contributed by atoms with Crippen LogP contribution in [-0.4, -0.2) is 19.5 Å². The van der Waals surface area contributed by atoms with Crippen LogP contribution >= 0.6 is 0 Å². The second kappa shape index (κ2) is 6.47. The van der Waals surface area contributed by atoms with Gasteiger partial charge in [-0.15, -0.1) is 4.98 Å². The summed E-state index contributed by atoms with van der Waals surface area (Å²) in [6.45, 7) is 6.16. The molecular weight excluding hydrogens is 386 g/mol. The minimum absolute atomic E-state index is 0.786. The molecule has 0 fully saturated rings. The molecule has 150 valence electrons. The quantitative estimate of drug-likeness (QED) is 0.383. The van der Waals surface area contributed by atoms with Gasteiger partial charge >= 0.3 is 5.65 Å². The maximum absolute atomic E-state index is 6.40. The summed E-state index contributed by atoms with van der Waals surface area (Å²) in [5, 5.41) is 2.05. The van der Waals surface area contributed by atoms with Gasteiger partial charge in [0.15, 0.2) is 11.3 Å². The van der Waals surface area contributed by atoms with E-state index in [0.717, 1.165) is 61.7 Å². The lowest BCUT2D eigenvalue weighted by Gasteiger charge is -2.06. The van der Waals surface area contributed by atoms with E-state index in [1.165, 1.54) is 0 Å². The third kappa shape index (κ3) is 2.51. The fourth-order valence-corrected chi connectivity index (χ4v) is 4.39. The molecule has 0 saturated carbocycles. The van der Waals surface area contributed by atoms with Crippen LogP contribution in [0.2, 0.25) is 0 Å². The van der Waals surface area contributed by atoms with Crippen LogP contribution < -0.4 is 4.57 Å². The van der Waals surface area contributed by atoms with E-state index in [-0.39, 0.29) is 0 Å². The van der Waals surface area contributed by atoms with Crippen LogP contribution in [0.4, 0.5) is 0 Å². The number of imidazole rings is 1. The minimum Gasteiger partial charge on any atom is -0.452 e. The summed E-state index contributed by atoms with van der Waals surface area (Å²) in [4.78, 5) is 13.8. The molecule has 0 aliphatic carbocycles. The Hall–Kier alpha value is -4.06. The number of fused-ring (bicyclic) bond motifs is 4. The first-order valence-corrected chi connectivity index (χ1v) is 10.2. The van der Waals surface area contributed by atoms with Crippen molar-refractivity contribution in [3.8, 4) is 11.4 Å². The Morgan fingerprint density at radius 1 is 0.871 bits per heavy atom. The molecule has 0 saturated heterocycles. The number of rotatable bonds is 2. The van der Waals surface area contributed by atoms with Gasteiger partial charge in [0.2, 0.25) is 5.82 Å². The maximum Gasteiger partial charge on any atom is 0.327 e. The molecule has 0 unspecified atom stereocenters. The molecule has 0 bridgehead atoms. The number of para-hydroxylation sites is 1. The van der Waals surface area contributed by atoms with E-state index < -0.39 is 0 Å². The Kier molecular flexibility index (Phi) is 3.71. The average Bonchev–Trinajstić information content (AvgIpc) is 3.28. The summed E-state index contributed by atoms with van der Waals surface area (Å²) >= 11 is 0. The number of benzene rings is 2. The molecule has 6 rings (SSSR count). The minimum atomic E-state index is 0.786. The number of hydrogen-bond donors (Lipinski definition) is 0. The number of nitrogens with zero attached hydrogens (tertiary/aromatic N) is 5. The average molecular weight is 406 g/mol. The molecule has 0 N–H and O–H groups in total. The normalized spacial score (nSPS) is 11.7. The Balaban J connectivity index is 1.77. The summed E-state index contributed by atoms with van der Waals surface area (Å²) < 4.78 is 10.7. The van der Waals surface area contributed by atoms with Gasteiger partial charge in [-0.25, -0.2) is 9.55 Å². The van der Waals surface area contributed by atoms with Crippen molar-refractivity contribution in [3.63, 3.8) is 0 Å². The third-order valence-corrected chi connectivity index (χ3v) is 5.81. The number of aryl methyl sites for hydroxylation is 2. The first kappa shape index (κ1) is 17.8. The van der Waals surface area contributed by atoms with Crippen LogP contribution in [0, 0.1) is 20.8 Å². The molecule has 4 heterocycles. The van der Waals surface area contributed by atoms with Crippen LogP contribution in [0.3, 0.4) is 0 Å². The van der Waals surface area contributed by atoms with E-state index in [0.29, 0.717) is 0 Å². The zero-order valence-electron chi connectivity index (χ0n) is 17.5. The van der Waals surface area contributed by atoms with Crippen LogP contribution in [-0.2, 0) is 0 Å². The van der Waals surface area contributed by atoms with Crippen molar-refractivity contribution in [2.75, 3.05) is 0 Å². The van der Waals surface area contributed by atoms with Crippen molar-refractivity contribution < 1.29 is 8.98 Å². The van der Waals surface area contributed by atoms with E-state index in [2.05, 4.69) is 57.2 Å². The van der Waals surface area contributed by atoms with E-state index in [1.807, 2.05) is 37.4 Å². The van der Waals surface area contributed by atoms with Crippen molar-refractivity contribution in [1.29, 1.82) is 0 Å². The van der Waals surface area contributed by atoms with Crippen LogP contribution in [0.5, 0.6) is 0 Å². The lowest BCUT2D eigenvalue weighted by atomic mass is 10.1. The van der Waals surface area contributed by atoms with E-state index >= 15 is 0 Å². The van der Waals surface area contributed by atoms with E-state index in [4.69, 9.17) is 9.40 Å². The van der Waals surface area contributed by atoms with Gasteiger partial charge in [-0.05, 0) is 37.6 Å². The lowest BCUT2D eigenvalue weighted by molar-refractivity contribution is -0.576. The molecule has 0 amide bonds. The number of furan rings is 1. The highest BCUT2D eigenvalue weighted by molar-refractivity contribution is 6.07. The third-order valence-electron chi connectivity index (χ3n) is 5.81. The Morgan fingerprint density at radius 3 is 2.52 bits per heavy atom. The van der Waals surface area contributed by atoms with Crippen LogP contribution in [0.15, 0.2) is 71.5 Å². The van der Waals surface area contributed by atoms with Crippen molar-refractivity contribution in [2.45, 2.75) is 20.8 Å². The van der Waals surface area contributed by atoms with Crippen LogP contribution in [0.25, 0.3) is 44.6 Å². The molecule has 0 aliphatic heterocycles. The highest BCUT2D eigenvalue weighted by Crippen LogP contribution is 2.33. The van der Waals surface area contributed by atoms with Gasteiger partial charge in [-0.2, -0.15) is 4.57 Å². The predicted octanol–water partition coefficient (Wildman–Crippen LogP) is 4.92. The van der Waals surface area contributed by atoms with Crippen molar-refractivity contribution >= 4 is 33.2 Å². The summed E-state index contributed by atoms with van der Waals surface area (Å²) in [5.74, 6) is 0.998. The first-order chi connectivity index (χ1) is 15.1. The lowest BCUT2D eigenvalue weighted by Crippen LogP contribution is -2.35. The number of aromatic nitrogens is 5. The molecule has 0 spiro atoms. The molecule has 4 aromatic heterocycles. The summed E-state index contributed by atoms with van der Waals surface area (Å²) in [6.07, 6.45) is 5.35. The fourth-order valence-electron chi connectivity index (χ4n) is 4.39. The summed E-state index contributed by atoms with van der Waals surface area (Å²) in [7, 11) is 0. The Morgan fingerprint density at radius 2 is 1.68 bits per heavy atom. The van der Waals surface area contributed by atoms with Crippen molar-refractivity contribution in [1.82, 2.24) is 19.5 Å². The van der Waals surface area contributed by atoms with Crippen molar-refractivity contribution in [3.05, 3.63) is 84.2 Å². The zero-order chi connectivity index (χ0) is 21.1. The SMILES string of the molecule is Cc1cc2oc3c(-[n+]4c(C)n(-c5ccccc5)c5nccnc54)c(C)ccc3c2cn1. The summed E-state index contributed by atoms with van der Waals surface area (Å²) in [5.41, 5.74) is 7.30. The molecule has 6 aromatic rings. The topological polar surface area (TPSA) is 60.6 Å². The van der Waals surface area contributed by atoms with Crippen molar-refractivity contribution in [2.24, 2.45) is 0 Å². The van der Waals surface area contributed by atoms with Gasteiger partial charge in [-0.1, -0.05) is 24.3 Å². The molecule has 0 aliphatic rings. The maximum atomic E-state index is 6.40. The second-order valence-electron chi connectivity index (χ2n) is 7.79. The molecule has 0 radical (unpaired) electrons. The van der Waals surface area contributed by atoms with Gasteiger partial charge in [0.25, 0.3) is 5.65 Å². The highest BCUT2D eigenvalue weighted by atomic mass is 16.3. The van der Waals surface area contributed by atoms with Gasteiger partial charge < -0.3 is 4.42 Å². The van der Waals surface area contributed by atoms with Crippen LogP contribution in [0.1, 0.15) is 17.1 Å². The predicted molar refractivity (Wildman–Crippen MR) is 120 cm³/mol. The zero-order valence-corrected chi connectivity index (χ0v) is 17.5. The Bertz CT molecular complexity index is 1610. The second-order valence-corrected chi connectivity index (χ2v) is 7.79. The Labute approximate surface area is 178 Å². The molecule has 6 nitrogen and oxygen atoms in total. The fraction of sp³-hybridized carbons (Fsp3) is 0.120. The highest BCUT2D eigenvalue weighted by Gasteiger charge is 2.29. The number of pyridine rings is 1. The monoisotopic (exact) mass is 406 g/mol. The van der Waals surface area contributed by atoms with Gasteiger partial charge in [-0.3, -0.25) is 4.98 Å². The van der Waals surface area contributed by atoms with Gasteiger partial charge in [0.1, 0.15) is 17.5 Å². The standard InChI is InChI=1S/C25H20N5O/c1-15-9-10-19-20-14-28-16(2)13-21(20)31-23(19)22(15)30-17(3)29(18-7-5-4-6-8-18)24-25(30)27-12-11-26-24/h4-14H,1-3H3/q+1. The molecule has 31 heavy (non-hydrogen) atoms. The molecule has 6 heteroatoms.